The smallest absolute Gasteiger partial charge is 0.193 e. The molecule has 2 heteroatoms. The zero-order valence-corrected chi connectivity index (χ0v) is 11.7. The van der Waals surface area contributed by atoms with Crippen molar-refractivity contribution in [2.75, 3.05) is 0 Å². The van der Waals surface area contributed by atoms with Crippen LogP contribution in [0, 0.1) is 33.5 Å². The quantitative estimate of drug-likeness (QED) is 0.732. The molecule has 0 aliphatic heterocycles. The summed E-state index contributed by atoms with van der Waals surface area (Å²) >= 11 is 0. The Bertz CT molecular complexity index is 633. The predicted molar refractivity (Wildman–Crippen MR) is 75.2 cm³/mol. The Kier molecular flexibility index (Phi) is 3.52. The molecule has 0 heterocycles. The molecule has 0 saturated carbocycles. The fourth-order valence-electron chi connectivity index (χ4n) is 2.21. The first-order chi connectivity index (χ1) is 8.90. The molecule has 0 N–H and O–H groups in total. The maximum atomic E-state index is 13.6. The van der Waals surface area contributed by atoms with E-state index < -0.39 is 0 Å². The van der Waals surface area contributed by atoms with Crippen molar-refractivity contribution >= 4 is 5.78 Å². The highest BCUT2D eigenvalue weighted by Gasteiger charge is 2.14. The van der Waals surface area contributed by atoms with Gasteiger partial charge < -0.3 is 0 Å². The number of hydrogen-bond acceptors (Lipinski definition) is 1. The molecule has 19 heavy (non-hydrogen) atoms. The van der Waals surface area contributed by atoms with Gasteiger partial charge in [0.15, 0.2) is 5.78 Å². The normalized spacial score (nSPS) is 10.6. The Morgan fingerprint density at radius 1 is 0.895 bits per heavy atom. The van der Waals surface area contributed by atoms with Crippen LogP contribution < -0.4 is 0 Å². The van der Waals surface area contributed by atoms with Crippen LogP contribution in [0.3, 0.4) is 0 Å². The van der Waals surface area contributed by atoms with Crippen LogP contribution >= 0.6 is 0 Å². The highest BCUT2D eigenvalue weighted by Crippen LogP contribution is 2.20. The second-order valence-electron chi connectivity index (χ2n) is 5.07. The first kappa shape index (κ1) is 13.5. The lowest BCUT2D eigenvalue weighted by atomic mass is 9.95. The molecule has 0 atom stereocenters. The third kappa shape index (κ3) is 2.58. The van der Waals surface area contributed by atoms with Gasteiger partial charge in [0, 0.05) is 11.1 Å². The van der Waals surface area contributed by atoms with E-state index in [1.165, 1.54) is 0 Å². The van der Waals surface area contributed by atoms with E-state index in [0.29, 0.717) is 22.3 Å². The number of hydrogen-bond donors (Lipinski definition) is 0. The largest absolute Gasteiger partial charge is 0.289 e. The standard InChI is InChI=1S/C17H17FO/c1-10-5-6-11(2)15(7-10)17(19)14-8-12(3)16(18)13(4)9-14/h5-9H,1-4H3. The van der Waals surface area contributed by atoms with E-state index in [2.05, 4.69) is 0 Å². The third-order valence-corrected chi connectivity index (χ3v) is 3.34. The van der Waals surface area contributed by atoms with Gasteiger partial charge >= 0.3 is 0 Å². The van der Waals surface area contributed by atoms with Gasteiger partial charge in [0.05, 0.1) is 0 Å². The Morgan fingerprint density at radius 2 is 1.47 bits per heavy atom. The van der Waals surface area contributed by atoms with Crippen molar-refractivity contribution in [1.82, 2.24) is 0 Å². The summed E-state index contributed by atoms with van der Waals surface area (Å²) < 4.78 is 13.6. The first-order valence-electron chi connectivity index (χ1n) is 6.29. The summed E-state index contributed by atoms with van der Waals surface area (Å²) in [4.78, 5) is 12.5. The van der Waals surface area contributed by atoms with Gasteiger partial charge in [-0.05, 0) is 62.6 Å². The van der Waals surface area contributed by atoms with Crippen molar-refractivity contribution in [3.8, 4) is 0 Å². The first-order valence-corrected chi connectivity index (χ1v) is 6.29. The van der Waals surface area contributed by atoms with Crippen LogP contribution in [0.4, 0.5) is 4.39 Å². The number of benzene rings is 2. The molecule has 2 rings (SSSR count). The maximum absolute atomic E-state index is 13.6. The lowest BCUT2D eigenvalue weighted by molar-refractivity contribution is 0.103. The molecule has 0 aliphatic carbocycles. The fourth-order valence-corrected chi connectivity index (χ4v) is 2.21. The number of aryl methyl sites for hydroxylation is 4. The fraction of sp³-hybridized carbons (Fsp3) is 0.235. The minimum atomic E-state index is -0.238. The van der Waals surface area contributed by atoms with E-state index in [0.717, 1.165) is 11.1 Å². The maximum Gasteiger partial charge on any atom is 0.193 e. The van der Waals surface area contributed by atoms with Gasteiger partial charge in [0.2, 0.25) is 0 Å². The number of carbonyl (C=O) groups excluding carboxylic acids is 1. The van der Waals surface area contributed by atoms with E-state index >= 15 is 0 Å². The van der Waals surface area contributed by atoms with E-state index in [4.69, 9.17) is 0 Å². The van der Waals surface area contributed by atoms with E-state index in [1.807, 2.05) is 32.0 Å². The van der Waals surface area contributed by atoms with E-state index in [-0.39, 0.29) is 11.6 Å². The molecule has 2 aromatic carbocycles. The Balaban J connectivity index is 2.53. The van der Waals surface area contributed by atoms with Crippen molar-refractivity contribution in [2.24, 2.45) is 0 Å². The number of rotatable bonds is 2. The van der Waals surface area contributed by atoms with Crippen LogP contribution in [-0.4, -0.2) is 5.78 Å². The predicted octanol–water partition coefficient (Wildman–Crippen LogP) is 4.29. The molecule has 0 bridgehead atoms. The molecular weight excluding hydrogens is 239 g/mol. The van der Waals surface area contributed by atoms with Crippen LogP contribution in [0.2, 0.25) is 0 Å². The van der Waals surface area contributed by atoms with Crippen LogP contribution in [0.5, 0.6) is 0 Å². The summed E-state index contributed by atoms with van der Waals surface area (Å²) in [5, 5.41) is 0. The van der Waals surface area contributed by atoms with Crippen LogP contribution in [0.25, 0.3) is 0 Å². The Labute approximate surface area is 113 Å². The van der Waals surface area contributed by atoms with Gasteiger partial charge in [0.1, 0.15) is 5.82 Å². The average molecular weight is 256 g/mol. The van der Waals surface area contributed by atoms with Gasteiger partial charge in [-0.25, -0.2) is 4.39 Å². The van der Waals surface area contributed by atoms with E-state index in [1.54, 1.807) is 26.0 Å². The lowest BCUT2D eigenvalue weighted by Gasteiger charge is -2.09. The summed E-state index contributed by atoms with van der Waals surface area (Å²) in [5.74, 6) is -0.287. The zero-order chi connectivity index (χ0) is 14.2. The van der Waals surface area contributed by atoms with Crippen molar-refractivity contribution in [3.05, 3.63) is 69.5 Å². The van der Waals surface area contributed by atoms with Gasteiger partial charge in [-0.1, -0.05) is 17.7 Å². The Morgan fingerprint density at radius 3 is 2.05 bits per heavy atom. The molecule has 0 aromatic heterocycles. The molecule has 0 spiro atoms. The second-order valence-corrected chi connectivity index (χ2v) is 5.07. The highest BCUT2D eigenvalue weighted by molar-refractivity contribution is 6.10. The Hall–Kier alpha value is -1.96. The van der Waals surface area contributed by atoms with Crippen molar-refractivity contribution in [2.45, 2.75) is 27.7 Å². The molecule has 0 saturated heterocycles. The van der Waals surface area contributed by atoms with Crippen LogP contribution in [0.1, 0.15) is 38.2 Å². The van der Waals surface area contributed by atoms with Crippen molar-refractivity contribution in [3.63, 3.8) is 0 Å². The molecule has 0 aliphatic rings. The highest BCUT2D eigenvalue weighted by atomic mass is 19.1. The minimum Gasteiger partial charge on any atom is -0.289 e. The van der Waals surface area contributed by atoms with Crippen LogP contribution in [0.15, 0.2) is 30.3 Å². The molecular formula is C17H17FO. The van der Waals surface area contributed by atoms with E-state index in [9.17, 15) is 9.18 Å². The van der Waals surface area contributed by atoms with Crippen molar-refractivity contribution in [1.29, 1.82) is 0 Å². The summed E-state index contributed by atoms with van der Waals surface area (Å²) in [6, 6.07) is 9.03. The zero-order valence-electron chi connectivity index (χ0n) is 11.7. The van der Waals surface area contributed by atoms with Gasteiger partial charge in [0.25, 0.3) is 0 Å². The molecule has 0 unspecified atom stereocenters. The number of halogens is 1. The lowest BCUT2D eigenvalue weighted by Crippen LogP contribution is -2.06. The summed E-state index contributed by atoms with van der Waals surface area (Å²) in [5.41, 5.74) is 4.23. The molecule has 1 nitrogen and oxygen atoms in total. The monoisotopic (exact) mass is 256 g/mol. The molecule has 0 amide bonds. The topological polar surface area (TPSA) is 17.1 Å². The van der Waals surface area contributed by atoms with Crippen molar-refractivity contribution < 1.29 is 9.18 Å². The van der Waals surface area contributed by atoms with Gasteiger partial charge in [-0.3, -0.25) is 4.79 Å². The SMILES string of the molecule is Cc1ccc(C)c(C(=O)c2cc(C)c(F)c(C)c2)c1. The third-order valence-electron chi connectivity index (χ3n) is 3.34. The number of ketones is 1. The summed E-state index contributed by atoms with van der Waals surface area (Å²) in [7, 11) is 0. The molecule has 0 radical (unpaired) electrons. The van der Waals surface area contributed by atoms with Gasteiger partial charge in [-0.2, -0.15) is 0 Å². The van der Waals surface area contributed by atoms with Crippen LogP contribution in [-0.2, 0) is 0 Å². The number of carbonyl (C=O) groups is 1. The summed E-state index contributed by atoms with van der Waals surface area (Å²) in [6.45, 7) is 7.23. The molecule has 2 aromatic rings. The molecule has 98 valence electrons. The second kappa shape index (κ2) is 4.96. The average Bonchev–Trinajstić information content (AvgIpc) is 2.37. The van der Waals surface area contributed by atoms with Gasteiger partial charge in [-0.15, -0.1) is 0 Å². The summed E-state index contributed by atoms with van der Waals surface area (Å²) in [6.07, 6.45) is 0. The molecule has 0 fully saturated rings. The minimum absolute atomic E-state index is 0.0487.